The fourth-order valence-electron chi connectivity index (χ4n) is 5.88. The molecule has 0 spiro atoms. The molecule has 0 bridgehead atoms. The van der Waals surface area contributed by atoms with Crippen LogP contribution in [0.3, 0.4) is 0 Å². The number of hydrogen-bond donors (Lipinski definition) is 0. The number of rotatable bonds is 38. The number of nitrogens with zero attached hydrogens (tertiary/aromatic N) is 1. The van der Waals surface area contributed by atoms with Gasteiger partial charge in [0.05, 0.1) is 40.3 Å². The Labute approximate surface area is 342 Å². The van der Waals surface area contributed by atoms with Crippen LogP contribution in [0.2, 0.25) is 0 Å². The average Bonchev–Trinajstić information content (AvgIpc) is 3.15. The van der Waals surface area contributed by atoms with Crippen molar-refractivity contribution in [2.75, 3.05) is 41.0 Å². The minimum absolute atomic E-state index is 0.0114. The number of ether oxygens (including phenoxy) is 3. The van der Waals surface area contributed by atoms with Gasteiger partial charge in [-0.25, -0.2) is 0 Å². The van der Waals surface area contributed by atoms with Crippen molar-refractivity contribution in [2.45, 2.75) is 174 Å². The molecule has 8 nitrogen and oxygen atoms in total. The number of aliphatic carboxylic acids is 1. The highest BCUT2D eigenvalue weighted by atomic mass is 16.6. The SMILES string of the molecule is CCCCC/C=C/C=C/CCCCCCCCC(=O)OCC(COCCC(C(=O)[O-])[N+](C)(C)C)OC(=O)CCC/C=C/C/C=C/C/C=C/C/C=C/CCCCC. The first kappa shape index (κ1) is 52.8. The van der Waals surface area contributed by atoms with Crippen LogP contribution in [0.25, 0.3) is 0 Å². The Hall–Kier alpha value is -3.23. The zero-order chi connectivity index (χ0) is 41.4. The van der Waals surface area contributed by atoms with Gasteiger partial charge in [-0.05, 0) is 77.0 Å². The summed E-state index contributed by atoms with van der Waals surface area (Å²) in [5.74, 6) is -1.83. The first-order chi connectivity index (χ1) is 27.1. The first-order valence-corrected chi connectivity index (χ1v) is 22.0. The summed E-state index contributed by atoms with van der Waals surface area (Å²) < 4.78 is 17.1. The zero-order valence-electron chi connectivity index (χ0n) is 36.3. The van der Waals surface area contributed by atoms with Crippen molar-refractivity contribution >= 4 is 17.9 Å². The second kappa shape index (κ2) is 38.6. The fraction of sp³-hybridized carbons (Fsp3) is 0.688. The molecule has 0 aliphatic carbocycles. The summed E-state index contributed by atoms with van der Waals surface area (Å²) in [5.41, 5.74) is 0. The van der Waals surface area contributed by atoms with Gasteiger partial charge in [0, 0.05) is 19.3 Å². The van der Waals surface area contributed by atoms with Crippen molar-refractivity contribution in [2.24, 2.45) is 0 Å². The first-order valence-electron chi connectivity index (χ1n) is 22.0. The summed E-state index contributed by atoms with van der Waals surface area (Å²) in [5, 5.41) is 11.6. The number of likely N-dealkylation sites (N-methyl/N-ethyl adjacent to an activating group) is 1. The molecule has 0 saturated heterocycles. The van der Waals surface area contributed by atoms with Crippen LogP contribution in [0.1, 0.15) is 162 Å². The molecule has 0 amide bonds. The molecular weight excluding hydrogens is 703 g/mol. The maximum atomic E-state index is 12.7. The summed E-state index contributed by atoms with van der Waals surface area (Å²) in [7, 11) is 5.37. The van der Waals surface area contributed by atoms with Crippen molar-refractivity contribution < 1.29 is 38.2 Å². The molecule has 0 aromatic rings. The predicted molar refractivity (Wildman–Crippen MR) is 231 cm³/mol. The Balaban J connectivity index is 4.49. The molecule has 2 unspecified atom stereocenters. The number of carboxylic acid groups (broad SMARTS) is 1. The minimum atomic E-state index is -1.14. The summed E-state index contributed by atoms with van der Waals surface area (Å²) in [6.07, 6.45) is 47.8. The number of carbonyl (C=O) groups is 3. The Morgan fingerprint density at radius 2 is 1.02 bits per heavy atom. The molecule has 0 fully saturated rings. The molecule has 0 aliphatic heterocycles. The van der Waals surface area contributed by atoms with E-state index in [2.05, 4.69) is 86.8 Å². The maximum absolute atomic E-state index is 12.7. The molecular formula is C48H81NO7. The van der Waals surface area contributed by atoms with Crippen molar-refractivity contribution in [1.82, 2.24) is 0 Å². The smallest absolute Gasteiger partial charge is 0.306 e. The Bertz CT molecular complexity index is 1140. The molecule has 56 heavy (non-hydrogen) atoms. The van der Waals surface area contributed by atoms with Crippen LogP contribution in [-0.4, -0.2) is 75.5 Å². The minimum Gasteiger partial charge on any atom is -0.544 e. The molecule has 0 N–H and O–H groups in total. The summed E-state index contributed by atoms with van der Waals surface area (Å²) in [4.78, 5) is 36.8. The number of carboxylic acids is 1. The van der Waals surface area contributed by atoms with E-state index in [0.29, 0.717) is 12.8 Å². The van der Waals surface area contributed by atoms with Crippen molar-refractivity contribution in [3.8, 4) is 0 Å². The third kappa shape index (κ3) is 36.4. The van der Waals surface area contributed by atoms with E-state index in [0.717, 1.165) is 64.2 Å². The molecule has 0 radical (unpaired) electrons. The van der Waals surface area contributed by atoms with Gasteiger partial charge in [-0.3, -0.25) is 9.59 Å². The number of unbranched alkanes of at least 4 members (excludes halogenated alkanes) is 13. The largest absolute Gasteiger partial charge is 0.544 e. The molecule has 0 rings (SSSR count). The van der Waals surface area contributed by atoms with E-state index in [1.807, 2.05) is 0 Å². The van der Waals surface area contributed by atoms with Crippen molar-refractivity contribution in [3.63, 3.8) is 0 Å². The normalized spacial score (nSPS) is 13.7. The maximum Gasteiger partial charge on any atom is 0.306 e. The summed E-state index contributed by atoms with van der Waals surface area (Å²) in [6.45, 7) is 4.51. The molecule has 0 aromatic carbocycles. The van der Waals surface area contributed by atoms with Gasteiger partial charge < -0.3 is 28.6 Å². The molecule has 0 heterocycles. The monoisotopic (exact) mass is 784 g/mol. The summed E-state index contributed by atoms with van der Waals surface area (Å²) in [6, 6.07) is -0.740. The standard InChI is InChI=1S/C48H81NO7/c1-6-8-10-12-14-16-18-20-22-23-25-27-29-31-33-35-37-39-47(51)56-44(42-54-41-40-45(48(52)53)49(3,4)5)43-55-46(50)38-36-34-32-30-28-26-24-21-19-17-15-13-11-9-7-2/h14-17,19-22,25,27,31,33,44-45H,6-13,18,23-24,26,28-30,32,34-43H2,1-5H3/b16-14+,17-15+,21-19+,22-20+,27-25+,33-31+. The molecule has 320 valence electrons. The lowest BCUT2D eigenvalue weighted by Crippen LogP contribution is -2.55. The van der Waals surface area contributed by atoms with Crippen LogP contribution in [0, 0.1) is 0 Å². The lowest BCUT2D eigenvalue weighted by Gasteiger charge is -2.34. The van der Waals surface area contributed by atoms with Gasteiger partial charge in [-0.15, -0.1) is 0 Å². The summed E-state index contributed by atoms with van der Waals surface area (Å²) >= 11 is 0. The van der Waals surface area contributed by atoms with Crippen LogP contribution in [0.15, 0.2) is 72.9 Å². The van der Waals surface area contributed by atoms with Gasteiger partial charge in [0.15, 0.2) is 6.10 Å². The van der Waals surface area contributed by atoms with Gasteiger partial charge in [0.1, 0.15) is 12.6 Å². The third-order valence-electron chi connectivity index (χ3n) is 9.34. The Kier molecular flexibility index (Phi) is 36.4. The number of allylic oxidation sites excluding steroid dienone is 12. The number of hydrogen-bond acceptors (Lipinski definition) is 7. The van der Waals surface area contributed by atoms with Gasteiger partial charge in [0.25, 0.3) is 0 Å². The van der Waals surface area contributed by atoms with Gasteiger partial charge in [-0.1, -0.05) is 138 Å². The zero-order valence-corrected chi connectivity index (χ0v) is 36.3. The highest BCUT2D eigenvalue weighted by Gasteiger charge is 2.25. The Morgan fingerprint density at radius 3 is 1.55 bits per heavy atom. The van der Waals surface area contributed by atoms with Crippen LogP contribution in [-0.2, 0) is 28.6 Å². The van der Waals surface area contributed by atoms with Crippen LogP contribution in [0.4, 0.5) is 0 Å². The highest BCUT2D eigenvalue weighted by Crippen LogP contribution is 2.12. The second-order valence-electron chi connectivity index (χ2n) is 15.6. The number of carbonyl (C=O) groups excluding carboxylic acids is 3. The van der Waals surface area contributed by atoms with Crippen LogP contribution in [0.5, 0.6) is 0 Å². The van der Waals surface area contributed by atoms with Crippen LogP contribution >= 0.6 is 0 Å². The van der Waals surface area contributed by atoms with Crippen molar-refractivity contribution in [1.29, 1.82) is 0 Å². The predicted octanol–water partition coefficient (Wildman–Crippen LogP) is 10.6. The van der Waals surface area contributed by atoms with Gasteiger partial charge >= 0.3 is 11.9 Å². The molecule has 8 heteroatoms. The molecule has 0 saturated carbocycles. The second-order valence-corrected chi connectivity index (χ2v) is 15.6. The van der Waals surface area contributed by atoms with E-state index in [1.54, 1.807) is 21.1 Å². The lowest BCUT2D eigenvalue weighted by atomic mass is 10.1. The van der Waals surface area contributed by atoms with E-state index in [4.69, 9.17) is 14.2 Å². The highest BCUT2D eigenvalue weighted by molar-refractivity contribution is 5.70. The quantitative estimate of drug-likeness (QED) is 0.0202. The topological polar surface area (TPSA) is 102 Å². The van der Waals surface area contributed by atoms with E-state index in [1.165, 1.54) is 57.8 Å². The molecule has 2 atom stereocenters. The van der Waals surface area contributed by atoms with Crippen LogP contribution < -0.4 is 5.11 Å². The van der Waals surface area contributed by atoms with E-state index < -0.39 is 18.1 Å². The fourth-order valence-corrected chi connectivity index (χ4v) is 5.88. The van der Waals surface area contributed by atoms with E-state index >= 15 is 0 Å². The van der Waals surface area contributed by atoms with E-state index in [9.17, 15) is 19.5 Å². The Morgan fingerprint density at radius 1 is 0.554 bits per heavy atom. The average molecular weight is 784 g/mol. The number of quaternary nitrogens is 1. The van der Waals surface area contributed by atoms with Crippen molar-refractivity contribution in [3.05, 3.63) is 72.9 Å². The third-order valence-corrected chi connectivity index (χ3v) is 9.34. The number of esters is 2. The van der Waals surface area contributed by atoms with Gasteiger partial charge in [-0.2, -0.15) is 0 Å². The molecule has 0 aliphatic rings. The molecule has 0 aromatic heterocycles. The van der Waals surface area contributed by atoms with E-state index in [-0.39, 0.29) is 49.1 Å². The lowest BCUT2D eigenvalue weighted by molar-refractivity contribution is -0.889. The van der Waals surface area contributed by atoms with Gasteiger partial charge in [0.2, 0.25) is 0 Å².